The molecule has 4 nitrogen and oxygen atoms in total. The van der Waals surface area contributed by atoms with Crippen LogP contribution in [0.1, 0.15) is 87.2 Å². The average molecular weight is 420 g/mol. The van der Waals surface area contributed by atoms with Gasteiger partial charge in [-0.2, -0.15) is 0 Å². The molecule has 2 aromatic carbocycles. The summed E-state index contributed by atoms with van der Waals surface area (Å²) in [6.45, 7) is 16.2. The van der Waals surface area contributed by atoms with Crippen LogP contribution in [0.15, 0.2) is 30.3 Å². The minimum Gasteiger partial charge on any atom is -0.477 e. The molecule has 0 fully saturated rings. The molecule has 2 N–H and O–H groups in total. The summed E-state index contributed by atoms with van der Waals surface area (Å²) in [5.41, 5.74) is 0.689. The van der Waals surface area contributed by atoms with Crippen LogP contribution in [-0.2, 0) is 10.8 Å². The van der Waals surface area contributed by atoms with Crippen molar-refractivity contribution in [2.75, 3.05) is 5.32 Å². The summed E-state index contributed by atoms with van der Waals surface area (Å²) in [5.74, 6) is -4.73. The third kappa shape index (κ3) is 6.12. The fraction of sp³-hybridized carbons (Fsp3) is 0.417. The van der Waals surface area contributed by atoms with E-state index in [0.717, 1.165) is 23.3 Å². The molecule has 1 amide bonds. The molecule has 0 aliphatic carbocycles. The SMILES string of the molecule is CC.CC(C)(C)c1cc(C(=O)Nc2cc(F)c(C(=O)O)c(F)c2)cc(C(C)(C)C)c1. The summed E-state index contributed by atoms with van der Waals surface area (Å²) in [6.07, 6.45) is 0. The third-order valence-corrected chi connectivity index (χ3v) is 4.44. The largest absolute Gasteiger partial charge is 0.477 e. The molecule has 0 aliphatic heterocycles. The molecular weight excluding hydrogens is 388 g/mol. The molecule has 0 saturated heterocycles. The predicted molar refractivity (Wildman–Crippen MR) is 116 cm³/mol. The molecule has 0 aromatic heterocycles. The van der Waals surface area contributed by atoms with Crippen molar-refractivity contribution >= 4 is 17.6 Å². The summed E-state index contributed by atoms with van der Waals surface area (Å²) < 4.78 is 27.8. The number of anilines is 1. The maximum absolute atomic E-state index is 13.9. The number of halogens is 2. The van der Waals surface area contributed by atoms with Crippen molar-refractivity contribution in [3.63, 3.8) is 0 Å². The number of amides is 1. The number of carboxylic acid groups (broad SMARTS) is 1. The van der Waals surface area contributed by atoms with Crippen molar-refractivity contribution in [1.29, 1.82) is 0 Å². The predicted octanol–water partition coefficient (Wildman–Crippen LogP) is 6.54. The van der Waals surface area contributed by atoms with E-state index in [0.29, 0.717) is 5.56 Å². The number of nitrogens with one attached hydrogen (secondary N) is 1. The second-order valence-corrected chi connectivity index (χ2v) is 8.87. The molecule has 0 aliphatic rings. The van der Waals surface area contributed by atoms with Gasteiger partial charge >= 0.3 is 5.97 Å². The van der Waals surface area contributed by atoms with Gasteiger partial charge in [-0.25, -0.2) is 13.6 Å². The number of aromatic carboxylic acids is 1. The molecule has 164 valence electrons. The summed E-state index contributed by atoms with van der Waals surface area (Å²) in [4.78, 5) is 23.6. The molecule has 0 heterocycles. The quantitative estimate of drug-likeness (QED) is 0.594. The fourth-order valence-corrected chi connectivity index (χ4v) is 2.68. The highest BCUT2D eigenvalue weighted by molar-refractivity contribution is 6.04. The Bertz CT molecular complexity index is 883. The van der Waals surface area contributed by atoms with E-state index >= 15 is 0 Å². The summed E-state index contributed by atoms with van der Waals surface area (Å²) in [7, 11) is 0. The molecule has 30 heavy (non-hydrogen) atoms. The highest BCUT2D eigenvalue weighted by atomic mass is 19.1. The van der Waals surface area contributed by atoms with E-state index in [-0.39, 0.29) is 16.5 Å². The molecule has 0 atom stereocenters. The molecule has 0 unspecified atom stereocenters. The lowest BCUT2D eigenvalue weighted by molar-refractivity contribution is 0.0686. The van der Waals surface area contributed by atoms with Gasteiger partial charge in [0.15, 0.2) is 0 Å². The van der Waals surface area contributed by atoms with Crippen LogP contribution in [0.25, 0.3) is 0 Å². The summed E-state index contributed by atoms with van der Waals surface area (Å²) in [6, 6.07) is 7.15. The summed E-state index contributed by atoms with van der Waals surface area (Å²) >= 11 is 0. The zero-order chi connectivity index (χ0) is 23.4. The minimum absolute atomic E-state index is 0.150. The molecule has 0 saturated carbocycles. The molecule has 0 radical (unpaired) electrons. The number of hydrogen-bond donors (Lipinski definition) is 2. The smallest absolute Gasteiger partial charge is 0.341 e. The zero-order valence-corrected chi connectivity index (χ0v) is 18.9. The van der Waals surface area contributed by atoms with Crippen LogP contribution in [0, 0.1) is 11.6 Å². The van der Waals surface area contributed by atoms with Gasteiger partial charge in [0, 0.05) is 11.3 Å². The first-order chi connectivity index (χ1) is 13.7. The molecule has 6 heteroatoms. The topological polar surface area (TPSA) is 66.4 Å². The van der Waals surface area contributed by atoms with Crippen LogP contribution < -0.4 is 5.32 Å². The van der Waals surface area contributed by atoms with Crippen molar-refractivity contribution in [1.82, 2.24) is 0 Å². The zero-order valence-electron chi connectivity index (χ0n) is 18.9. The van der Waals surface area contributed by atoms with Crippen LogP contribution >= 0.6 is 0 Å². The van der Waals surface area contributed by atoms with Crippen LogP contribution in [0.2, 0.25) is 0 Å². The van der Waals surface area contributed by atoms with Gasteiger partial charge in [0.25, 0.3) is 5.91 Å². The maximum Gasteiger partial charge on any atom is 0.341 e. The highest BCUT2D eigenvalue weighted by Gasteiger charge is 2.23. The average Bonchev–Trinajstić information content (AvgIpc) is 2.60. The Morgan fingerprint density at radius 2 is 1.20 bits per heavy atom. The summed E-state index contributed by atoms with van der Waals surface area (Å²) in [5, 5.41) is 11.3. The van der Waals surface area contributed by atoms with E-state index < -0.39 is 29.1 Å². The highest BCUT2D eigenvalue weighted by Crippen LogP contribution is 2.30. The Kier molecular flexibility index (Phi) is 7.89. The number of benzene rings is 2. The Hall–Kier alpha value is -2.76. The van der Waals surface area contributed by atoms with Crippen LogP contribution in [0.3, 0.4) is 0 Å². The van der Waals surface area contributed by atoms with Gasteiger partial charge in [-0.1, -0.05) is 61.5 Å². The van der Waals surface area contributed by atoms with E-state index in [2.05, 4.69) is 11.4 Å². The Labute approximate surface area is 177 Å². The van der Waals surface area contributed by atoms with Gasteiger partial charge in [-0.15, -0.1) is 0 Å². The van der Waals surface area contributed by atoms with Crippen LogP contribution in [0.4, 0.5) is 14.5 Å². The van der Waals surface area contributed by atoms with Crippen LogP contribution in [0.5, 0.6) is 0 Å². The molecule has 2 rings (SSSR count). The van der Waals surface area contributed by atoms with Crippen LogP contribution in [-0.4, -0.2) is 17.0 Å². The van der Waals surface area contributed by atoms with E-state index in [4.69, 9.17) is 5.11 Å². The van der Waals surface area contributed by atoms with Crippen molar-refractivity contribution < 1.29 is 23.5 Å². The monoisotopic (exact) mass is 419 g/mol. The normalized spacial score (nSPS) is 11.4. The number of carboxylic acids is 1. The van der Waals surface area contributed by atoms with Crippen molar-refractivity contribution in [3.8, 4) is 0 Å². The number of carbonyl (C=O) groups is 2. The van der Waals surface area contributed by atoms with Crippen molar-refractivity contribution in [3.05, 3.63) is 64.2 Å². The lowest BCUT2D eigenvalue weighted by Gasteiger charge is -2.26. The lowest BCUT2D eigenvalue weighted by Crippen LogP contribution is -2.20. The first-order valence-corrected chi connectivity index (χ1v) is 9.90. The third-order valence-electron chi connectivity index (χ3n) is 4.44. The van der Waals surface area contributed by atoms with Gasteiger partial charge in [0.1, 0.15) is 17.2 Å². The minimum atomic E-state index is -1.71. The molecule has 2 aromatic rings. The molecule has 0 spiro atoms. The van der Waals surface area contributed by atoms with E-state index in [1.54, 1.807) is 12.1 Å². The van der Waals surface area contributed by atoms with E-state index in [1.807, 2.05) is 55.4 Å². The maximum atomic E-state index is 13.9. The first-order valence-electron chi connectivity index (χ1n) is 9.90. The second-order valence-electron chi connectivity index (χ2n) is 8.87. The van der Waals surface area contributed by atoms with E-state index in [1.165, 1.54) is 0 Å². The Morgan fingerprint density at radius 3 is 1.53 bits per heavy atom. The number of rotatable bonds is 3. The van der Waals surface area contributed by atoms with E-state index in [9.17, 15) is 18.4 Å². The van der Waals surface area contributed by atoms with Gasteiger partial charge in [-0.05, 0) is 46.2 Å². The first kappa shape index (κ1) is 25.3. The van der Waals surface area contributed by atoms with Gasteiger partial charge in [0.05, 0.1) is 0 Å². The number of hydrogen-bond acceptors (Lipinski definition) is 2. The van der Waals surface area contributed by atoms with Crippen molar-refractivity contribution in [2.24, 2.45) is 0 Å². The Morgan fingerprint density at radius 1 is 0.800 bits per heavy atom. The molecule has 0 bridgehead atoms. The van der Waals surface area contributed by atoms with Gasteiger partial charge < -0.3 is 10.4 Å². The lowest BCUT2D eigenvalue weighted by atomic mass is 9.79. The number of carbonyl (C=O) groups excluding carboxylic acids is 1. The van der Waals surface area contributed by atoms with Gasteiger partial charge in [-0.3, -0.25) is 4.79 Å². The van der Waals surface area contributed by atoms with Gasteiger partial charge in [0.2, 0.25) is 0 Å². The molecular formula is C24H31F2NO3. The standard InChI is InChI=1S/C22H25F2NO3.C2H6/c1-21(2,3)13-7-12(8-14(9-13)22(4,5)6)19(26)25-15-10-16(23)18(20(27)28)17(24)11-15;1-2/h7-11H,1-6H3,(H,25,26)(H,27,28);1-2H3. The second kappa shape index (κ2) is 9.37. The van der Waals surface area contributed by atoms with Crippen molar-refractivity contribution in [2.45, 2.75) is 66.2 Å². The fourth-order valence-electron chi connectivity index (χ4n) is 2.68. The Balaban J connectivity index is 0.00000218.